The molecule has 0 N–H and O–H groups in total. The lowest BCUT2D eigenvalue weighted by atomic mass is 9.91. The molecule has 11 rings (SSSR count). The molecule has 0 saturated heterocycles. The Hall–Kier alpha value is -7.42. The average Bonchev–Trinajstić information content (AvgIpc) is 3.66. The zero-order valence-corrected chi connectivity index (χ0v) is 30.6. The number of para-hydroxylation sites is 1. The van der Waals surface area contributed by atoms with Crippen LogP contribution in [0.3, 0.4) is 0 Å². The number of fused-ring (bicyclic) bond motifs is 9. The van der Waals surface area contributed by atoms with Crippen molar-refractivity contribution in [2.75, 3.05) is 4.90 Å². The van der Waals surface area contributed by atoms with E-state index >= 15 is 0 Å². The Morgan fingerprint density at radius 1 is 0.268 bits per heavy atom. The molecule has 10 aromatic carbocycles. The Kier molecular flexibility index (Phi) is 7.53. The summed E-state index contributed by atoms with van der Waals surface area (Å²) in [5, 5.41) is 9.78. The average molecular weight is 714 g/mol. The number of anilines is 3. The van der Waals surface area contributed by atoms with E-state index in [2.05, 4.69) is 211 Å². The number of rotatable bonds is 6. The van der Waals surface area contributed by atoms with Gasteiger partial charge in [-0.25, -0.2) is 0 Å². The summed E-state index contributed by atoms with van der Waals surface area (Å²) >= 11 is 0. The quantitative estimate of drug-likeness (QED) is 0.160. The maximum absolute atomic E-state index is 6.82. The second-order valence-corrected chi connectivity index (χ2v) is 14.5. The summed E-state index contributed by atoms with van der Waals surface area (Å²) in [6.07, 6.45) is 0. The SMILES string of the molecule is c1ccc(-c2ccc(N(c3ccc(-c4ccccc4)cc3)c3cc(-c4ccc5c6ccccc6c6ccccc6c5c4)cc4c3oc3ccccc34)cc2)cc1. The minimum atomic E-state index is 0.853. The predicted octanol–water partition coefficient (Wildman–Crippen LogP) is 15.5. The van der Waals surface area contributed by atoms with Crippen LogP contribution in [0.2, 0.25) is 0 Å². The number of benzene rings is 10. The fourth-order valence-electron chi connectivity index (χ4n) is 8.52. The van der Waals surface area contributed by atoms with Crippen LogP contribution in [0.4, 0.5) is 17.1 Å². The largest absolute Gasteiger partial charge is 0.454 e. The molecule has 0 aliphatic rings. The molecule has 0 saturated carbocycles. The van der Waals surface area contributed by atoms with Crippen molar-refractivity contribution >= 4 is 71.3 Å². The van der Waals surface area contributed by atoms with Gasteiger partial charge in [0, 0.05) is 22.1 Å². The van der Waals surface area contributed by atoms with Gasteiger partial charge in [0.15, 0.2) is 5.58 Å². The monoisotopic (exact) mass is 713 g/mol. The van der Waals surface area contributed by atoms with Crippen molar-refractivity contribution < 1.29 is 4.42 Å². The maximum atomic E-state index is 6.82. The summed E-state index contributed by atoms with van der Waals surface area (Å²) < 4.78 is 6.82. The zero-order chi connectivity index (χ0) is 37.0. The molecule has 0 aliphatic heterocycles. The fourth-order valence-corrected chi connectivity index (χ4v) is 8.52. The van der Waals surface area contributed by atoms with Gasteiger partial charge in [-0.05, 0) is 114 Å². The first-order valence-electron chi connectivity index (χ1n) is 19.2. The molecule has 0 aliphatic carbocycles. The summed E-state index contributed by atoms with van der Waals surface area (Å²) in [5.41, 5.74) is 11.8. The molecule has 0 spiro atoms. The topological polar surface area (TPSA) is 16.4 Å². The third-order valence-electron chi connectivity index (χ3n) is 11.2. The number of hydrogen-bond donors (Lipinski definition) is 0. The summed E-state index contributed by atoms with van der Waals surface area (Å²) in [6, 6.07) is 76.4. The first kappa shape index (κ1) is 32.0. The molecule has 0 amide bonds. The van der Waals surface area contributed by atoms with Gasteiger partial charge in [0.2, 0.25) is 0 Å². The number of nitrogens with zero attached hydrogens (tertiary/aromatic N) is 1. The van der Waals surface area contributed by atoms with E-state index in [9.17, 15) is 0 Å². The molecule has 1 aromatic heterocycles. The van der Waals surface area contributed by atoms with Gasteiger partial charge in [-0.3, -0.25) is 0 Å². The highest BCUT2D eigenvalue weighted by Gasteiger charge is 2.22. The Balaban J connectivity index is 1.15. The fraction of sp³-hybridized carbons (Fsp3) is 0. The van der Waals surface area contributed by atoms with Crippen LogP contribution in [0.1, 0.15) is 0 Å². The lowest BCUT2D eigenvalue weighted by molar-refractivity contribution is 0.669. The Bertz CT molecular complexity index is 3100. The number of hydrogen-bond acceptors (Lipinski definition) is 2. The zero-order valence-electron chi connectivity index (χ0n) is 30.6. The molecular formula is C54H35NO. The predicted molar refractivity (Wildman–Crippen MR) is 237 cm³/mol. The molecule has 2 heteroatoms. The molecule has 0 atom stereocenters. The van der Waals surface area contributed by atoms with Crippen LogP contribution in [-0.2, 0) is 0 Å². The van der Waals surface area contributed by atoms with Gasteiger partial charge >= 0.3 is 0 Å². The standard InChI is InChI=1S/C54H35NO/c1-3-13-36(14-4-1)38-23-28-42(29-24-38)55(43-30-25-39(26-31-43)37-15-5-2-6-16-37)52-35-41(34-51-49-21-11-12-22-53(49)56-54(51)52)40-27-32-48-46-19-8-7-17-44(46)45-18-9-10-20-47(45)50(48)33-40/h1-35H. The lowest BCUT2D eigenvalue weighted by Crippen LogP contribution is -2.10. The van der Waals surface area contributed by atoms with Crippen molar-refractivity contribution in [3.8, 4) is 33.4 Å². The van der Waals surface area contributed by atoms with E-state index in [1.807, 2.05) is 6.07 Å². The summed E-state index contributed by atoms with van der Waals surface area (Å²) in [4.78, 5) is 2.35. The summed E-state index contributed by atoms with van der Waals surface area (Å²) in [6.45, 7) is 0. The van der Waals surface area contributed by atoms with Gasteiger partial charge in [-0.1, -0.05) is 164 Å². The van der Waals surface area contributed by atoms with Crippen LogP contribution >= 0.6 is 0 Å². The van der Waals surface area contributed by atoms with E-state index in [-0.39, 0.29) is 0 Å². The van der Waals surface area contributed by atoms with E-state index in [4.69, 9.17) is 4.42 Å². The Morgan fingerprint density at radius 3 is 1.23 bits per heavy atom. The van der Waals surface area contributed by atoms with Crippen molar-refractivity contribution in [1.82, 2.24) is 0 Å². The highest BCUT2D eigenvalue weighted by atomic mass is 16.3. The van der Waals surface area contributed by atoms with Gasteiger partial charge in [0.25, 0.3) is 0 Å². The molecule has 0 bridgehead atoms. The lowest BCUT2D eigenvalue weighted by Gasteiger charge is -2.27. The molecule has 11 aromatic rings. The highest BCUT2D eigenvalue weighted by molar-refractivity contribution is 6.26. The van der Waals surface area contributed by atoms with Crippen LogP contribution in [0.15, 0.2) is 217 Å². The van der Waals surface area contributed by atoms with E-state index in [1.54, 1.807) is 0 Å². The normalized spacial score (nSPS) is 11.6. The summed E-state index contributed by atoms with van der Waals surface area (Å²) in [5.74, 6) is 0. The molecule has 1 heterocycles. The Morgan fingerprint density at radius 2 is 0.679 bits per heavy atom. The van der Waals surface area contributed by atoms with E-state index in [0.717, 1.165) is 50.1 Å². The van der Waals surface area contributed by atoms with Gasteiger partial charge in [-0.15, -0.1) is 0 Å². The molecule has 0 unspecified atom stereocenters. The van der Waals surface area contributed by atoms with Gasteiger partial charge < -0.3 is 9.32 Å². The van der Waals surface area contributed by atoms with Crippen molar-refractivity contribution in [2.24, 2.45) is 0 Å². The van der Waals surface area contributed by atoms with E-state index < -0.39 is 0 Å². The van der Waals surface area contributed by atoms with Crippen LogP contribution in [0.25, 0.3) is 87.6 Å². The molecule has 0 fully saturated rings. The van der Waals surface area contributed by atoms with Gasteiger partial charge in [-0.2, -0.15) is 0 Å². The smallest absolute Gasteiger partial charge is 0.159 e. The van der Waals surface area contributed by atoms with Crippen LogP contribution in [0, 0.1) is 0 Å². The van der Waals surface area contributed by atoms with Crippen LogP contribution in [0.5, 0.6) is 0 Å². The molecule has 56 heavy (non-hydrogen) atoms. The second-order valence-electron chi connectivity index (χ2n) is 14.5. The van der Waals surface area contributed by atoms with Crippen molar-refractivity contribution in [3.05, 3.63) is 212 Å². The van der Waals surface area contributed by atoms with Crippen molar-refractivity contribution in [2.45, 2.75) is 0 Å². The first-order chi connectivity index (χ1) is 27.8. The second kappa shape index (κ2) is 13.2. The van der Waals surface area contributed by atoms with Gasteiger partial charge in [0.1, 0.15) is 5.58 Å². The third kappa shape index (κ3) is 5.34. The van der Waals surface area contributed by atoms with Crippen molar-refractivity contribution in [1.29, 1.82) is 0 Å². The van der Waals surface area contributed by atoms with Crippen LogP contribution in [-0.4, -0.2) is 0 Å². The van der Waals surface area contributed by atoms with E-state index in [1.165, 1.54) is 54.6 Å². The minimum Gasteiger partial charge on any atom is -0.454 e. The van der Waals surface area contributed by atoms with E-state index in [0.29, 0.717) is 0 Å². The minimum absolute atomic E-state index is 0.853. The summed E-state index contributed by atoms with van der Waals surface area (Å²) in [7, 11) is 0. The molecule has 2 nitrogen and oxygen atoms in total. The molecular weight excluding hydrogens is 679 g/mol. The first-order valence-corrected chi connectivity index (χ1v) is 19.2. The molecule has 262 valence electrons. The Labute approximate surface area is 325 Å². The van der Waals surface area contributed by atoms with Gasteiger partial charge in [0.05, 0.1) is 5.69 Å². The highest BCUT2D eigenvalue weighted by Crippen LogP contribution is 2.46. The molecule has 0 radical (unpaired) electrons. The number of furan rings is 1. The van der Waals surface area contributed by atoms with Crippen molar-refractivity contribution in [3.63, 3.8) is 0 Å². The maximum Gasteiger partial charge on any atom is 0.159 e. The third-order valence-corrected chi connectivity index (χ3v) is 11.2. The van der Waals surface area contributed by atoms with Crippen LogP contribution < -0.4 is 4.90 Å².